The number of halogens is 1. The molecule has 0 aliphatic carbocycles. The highest BCUT2D eigenvalue weighted by molar-refractivity contribution is 9.10. The Morgan fingerprint density at radius 2 is 1.90 bits per heavy atom. The van der Waals surface area contributed by atoms with Crippen LogP contribution in [0.5, 0.6) is 11.5 Å². The first-order chi connectivity index (χ1) is 9.90. The van der Waals surface area contributed by atoms with Gasteiger partial charge in [0.25, 0.3) is 0 Å². The lowest BCUT2D eigenvalue weighted by atomic mass is 10.0. The van der Waals surface area contributed by atoms with Crippen molar-refractivity contribution in [1.82, 2.24) is 0 Å². The van der Waals surface area contributed by atoms with E-state index in [9.17, 15) is 9.90 Å². The fourth-order valence-electron chi connectivity index (χ4n) is 2.00. The van der Waals surface area contributed by atoms with E-state index >= 15 is 0 Å². The number of carboxylic acid groups (broad SMARTS) is 1. The van der Waals surface area contributed by atoms with Crippen LogP contribution < -0.4 is 4.74 Å². The van der Waals surface area contributed by atoms with E-state index in [1.54, 1.807) is 18.2 Å². The predicted molar refractivity (Wildman–Crippen MR) is 86.4 cm³/mol. The molecule has 0 fully saturated rings. The number of carbonyl (C=O) groups is 1. The third-order valence-electron chi connectivity index (χ3n) is 3.29. The molecule has 4 heteroatoms. The fourth-order valence-corrected chi connectivity index (χ4v) is 2.52. The van der Waals surface area contributed by atoms with Crippen LogP contribution in [0.1, 0.15) is 41.3 Å². The number of carboxylic acids is 1. The largest absolute Gasteiger partial charge is 0.478 e. The Balaban J connectivity index is 2.46. The molecule has 0 bridgehead atoms. The molecule has 2 aromatic rings. The van der Waals surface area contributed by atoms with Crippen LogP contribution in [0, 0.1) is 6.92 Å². The van der Waals surface area contributed by atoms with E-state index in [1.807, 2.05) is 19.1 Å². The first kappa shape index (κ1) is 15.6. The summed E-state index contributed by atoms with van der Waals surface area (Å²) >= 11 is 3.26. The Kier molecular flexibility index (Phi) is 4.68. The summed E-state index contributed by atoms with van der Waals surface area (Å²) in [5, 5.41) is 9.33. The molecule has 0 heterocycles. The van der Waals surface area contributed by atoms with Gasteiger partial charge in [-0.25, -0.2) is 4.79 Å². The van der Waals surface area contributed by atoms with E-state index in [0.717, 1.165) is 11.1 Å². The molecule has 110 valence electrons. The number of hydrogen-bond donors (Lipinski definition) is 1. The van der Waals surface area contributed by atoms with Gasteiger partial charge in [-0.15, -0.1) is 0 Å². The van der Waals surface area contributed by atoms with Crippen LogP contribution in [0.3, 0.4) is 0 Å². The zero-order valence-corrected chi connectivity index (χ0v) is 13.8. The fraction of sp³-hybridized carbons (Fsp3) is 0.235. The maximum Gasteiger partial charge on any atom is 0.340 e. The Morgan fingerprint density at radius 3 is 2.52 bits per heavy atom. The molecule has 0 amide bonds. The summed E-state index contributed by atoms with van der Waals surface area (Å²) in [4.78, 5) is 11.4. The van der Waals surface area contributed by atoms with Crippen LogP contribution in [-0.2, 0) is 0 Å². The Bertz CT molecular complexity index is 678. The minimum Gasteiger partial charge on any atom is -0.478 e. The first-order valence-corrected chi connectivity index (χ1v) is 7.49. The molecule has 0 aromatic heterocycles. The van der Waals surface area contributed by atoms with Crippen LogP contribution >= 0.6 is 15.9 Å². The van der Waals surface area contributed by atoms with Gasteiger partial charge in [0.2, 0.25) is 0 Å². The molecule has 0 spiro atoms. The maximum absolute atomic E-state index is 11.4. The molecule has 0 radical (unpaired) electrons. The summed E-state index contributed by atoms with van der Waals surface area (Å²) in [5.74, 6) is 0.382. The molecule has 0 aliphatic rings. The van der Waals surface area contributed by atoms with Gasteiger partial charge in [-0.05, 0) is 58.1 Å². The number of aryl methyl sites for hydroxylation is 1. The molecule has 0 saturated carbocycles. The average Bonchev–Trinajstić information content (AvgIpc) is 2.40. The van der Waals surface area contributed by atoms with Gasteiger partial charge in [0.1, 0.15) is 17.1 Å². The van der Waals surface area contributed by atoms with Crippen LogP contribution in [-0.4, -0.2) is 11.1 Å². The summed E-state index contributed by atoms with van der Waals surface area (Å²) in [6.45, 7) is 6.16. The standard InChI is InChI=1S/C17H17BrO3/c1-10(2)12-8-7-11(3)15(9-12)21-14-6-4-5-13(18)16(14)17(19)20/h4-10H,1-3H3,(H,19,20). The number of rotatable bonds is 4. The monoisotopic (exact) mass is 348 g/mol. The van der Waals surface area contributed by atoms with Crippen molar-refractivity contribution in [3.63, 3.8) is 0 Å². The zero-order valence-electron chi connectivity index (χ0n) is 12.2. The van der Waals surface area contributed by atoms with Crippen molar-refractivity contribution >= 4 is 21.9 Å². The van der Waals surface area contributed by atoms with Gasteiger partial charge in [0.15, 0.2) is 0 Å². The van der Waals surface area contributed by atoms with E-state index in [2.05, 4.69) is 35.8 Å². The highest BCUT2D eigenvalue weighted by Gasteiger charge is 2.16. The van der Waals surface area contributed by atoms with E-state index in [4.69, 9.17) is 4.74 Å². The summed E-state index contributed by atoms with van der Waals surface area (Å²) in [6.07, 6.45) is 0. The van der Waals surface area contributed by atoms with E-state index in [-0.39, 0.29) is 5.56 Å². The highest BCUT2D eigenvalue weighted by Crippen LogP contribution is 2.33. The lowest BCUT2D eigenvalue weighted by Gasteiger charge is -2.14. The SMILES string of the molecule is Cc1ccc(C(C)C)cc1Oc1cccc(Br)c1C(=O)O. The summed E-state index contributed by atoms with van der Waals surface area (Å²) in [7, 11) is 0. The van der Waals surface area contributed by atoms with Crippen LogP contribution in [0.2, 0.25) is 0 Å². The molecule has 0 unspecified atom stereocenters. The first-order valence-electron chi connectivity index (χ1n) is 6.70. The number of benzene rings is 2. The molecule has 0 saturated heterocycles. The highest BCUT2D eigenvalue weighted by atomic mass is 79.9. The molecule has 3 nitrogen and oxygen atoms in total. The van der Waals surface area contributed by atoms with Crippen molar-refractivity contribution in [2.24, 2.45) is 0 Å². The smallest absolute Gasteiger partial charge is 0.340 e. The second kappa shape index (κ2) is 6.31. The van der Waals surface area contributed by atoms with Crippen molar-refractivity contribution in [2.45, 2.75) is 26.7 Å². The van der Waals surface area contributed by atoms with Crippen LogP contribution in [0.15, 0.2) is 40.9 Å². The number of aromatic carboxylic acids is 1. The van der Waals surface area contributed by atoms with Gasteiger partial charge >= 0.3 is 5.97 Å². The van der Waals surface area contributed by atoms with Crippen molar-refractivity contribution in [3.8, 4) is 11.5 Å². The Labute approximate surface area is 132 Å². The second-order valence-electron chi connectivity index (χ2n) is 5.20. The van der Waals surface area contributed by atoms with Gasteiger partial charge < -0.3 is 9.84 Å². The summed E-state index contributed by atoms with van der Waals surface area (Å²) < 4.78 is 6.37. The Morgan fingerprint density at radius 1 is 1.19 bits per heavy atom. The van der Waals surface area contributed by atoms with Gasteiger partial charge in [-0.3, -0.25) is 0 Å². The average molecular weight is 349 g/mol. The molecule has 2 rings (SSSR count). The summed E-state index contributed by atoms with van der Waals surface area (Å²) in [5.41, 5.74) is 2.25. The molecule has 0 atom stereocenters. The number of ether oxygens (including phenoxy) is 1. The van der Waals surface area contributed by atoms with E-state index < -0.39 is 5.97 Å². The zero-order chi connectivity index (χ0) is 15.6. The van der Waals surface area contributed by atoms with Gasteiger partial charge in [0.05, 0.1) is 0 Å². The summed E-state index contributed by atoms with van der Waals surface area (Å²) in [6, 6.07) is 11.1. The van der Waals surface area contributed by atoms with E-state index in [1.165, 1.54) is 0 Å². The molecule has 0 aliphatic heterocycles. The predicted octanol–water partition coefficient (Wildman–Crippen LogP) is 5.37. The maximum atomic E-state index is 11.4. The van der Waals surface area contributed by atoms with Crippen LogP contribution in [0.25, 0.3) is 0 Å². The molecular weight excluding hydrogens is 332 g/mol. The third-order valence-corrected chi connectivity index (χ3v) is 3.95. The van der Waals surface area contributed by atoms with Crippen molar-refractivity contribution < 1.29 is 14.6 Å². The van der Waals surface area contributed by atoms with E-state index in [0.29, 0.717) is 21.9 Å². The van der Waals surface area contributed by atoms with Gasteiger partial charge in [-0.2, -0.15) is 0 Å². The number of hydrogen-bond acceptors (Lipinski definition) is 2. The van der Waals surface area contributed by atoms with Gasteiger partial charge in [0, 0.05) is 4.47 Å². The topological polar surface area (TPSA) is 46.5 Å². The van der Waals surface area contributed by atoms with Crippen molar-refractivity contribution in [3.05, 3.63) is 57.6 Å². The quantitative estimate of drug-likeness (QED) is 0.807. The van der Waals surface area contributed by atoms with Crippen LogP contribution in [0.4, 0.5) is 0 Å². The lowest BCUT2D eigenvalue weighted by molar-refractivity contribution is 0.0693. The van der Waals surface area contributed by atoms with Crippen molar-refractivity contribution in [2.75, 3.05) is 0 Å². The van der Waals surface area contributed by atoms with Gasteiger partial charge in [-0.1, -0.05) is 32.0 Å². The van der Waals surface area contributed by atoms with Crippen molar-refractivity contribution in [1.29, 1.82) is 0 Å². The minimum atomic E-state index is -1.02. The third kappa shape index (κ3) is 3.45. The molecule has 1 N–H and O–H groups in total. The molecular formula is C17H17BrO3. The normalized spacial score (nSPS) is 10.7. The minimum absolute atomic E-state index is 0.131. The molecule has 21 heavy (non-hydrogen) atoms. The molecule has 2 aromatic carbocycles. The Hall–Kier alpha value is -1.81. The lowest BCUT2D eigenvalue weighted by Crippen LogP contribution is -2.02. The second-order valence-corrected chi connectivity index (χ2v) is 6.05.